The molecule has 0 aliphatic carbocycles. The van der Waals surface area contributed by atoms with Crippen LogP contribution in [-0.4, -0.2) is 11.7 Å². The number of aliphatic hydroxyl groups excluding tert-OH is 1. The first kappa shape index (κ1) is 9.01. The SMILES string of the molecule is C=C[C@@H](CO)Cc1ccccc1. The molecule has 1 N–H and O–H groups in total. The lowest BCUT2D eigenvalue weighted by atomic mass is 10.0. The van der Waals surface area contributed by atoms with Gasteiger partial charge in [0.15, 0.2) is 0 Å². The third-order valence-electron chi connectivity index (χ3n) is 1.91. The smallest absolute Gasteiger partial charge is 0.0496 e. The van der Waals surface area contributed by atoms with Crippen molar-refractivity contribution < 1.29 is 5.11 Å². The van der Waals surface area contributed by atoms with Gasteiger partial charge in [-0.1, -0.05) is 36.4 Å². The number of benzene rings is 1. The summed E-state index contributed by atoms with van der Waals surface area (Å²) in [6, 6.07) is 10.1. The maximum Gasteiger partial charge on any atom is 0.0496 e. The minimum atomic E-state index is 0.179. The van der Waals surface area contributed by atoms with E-state index in [1.165, 1.54) is 5.56 Å². The molecule has 0 unspecified atom stereocenters. The van der Waals surface area contributed by atoms with Crippen LogP contribution in [-0.2, 0) is 6.42 Å². The van der Waals surface area contributed by atoms with Crippen LogP contribution >= 0.6 is 0 Å². The fourth-order valence-electron chi connectivity index (χ4n) is 1.14. The van der Waals surface area contributed by atoms with Gasteiger partial charge in [-0.25, -0.2) is 0 Å². The average molecular weight is 162 g/mol. The molecule has 1 aromatic rings. The summed E-state index contributed by atoms with van der Waals surface area (Å²) >= 11 is 0. The van der Waals surface area contributed by atoms with Crippen molar-refractivity contribution in [2.75, 3.05) is 6.61 Å². The number of aliphatic hydroxyl groups is 1. The predicted octanol–water partition coefficient (Wildman–Crippen LogP) is 2.02. The molecule has 1 aromatic carbocycles. The van der Waals surface area contributed by atoms with Crippen LogP contribution in [0.5, 0.6) is 0 Å². The van der Waals surface area contributed by atoms with E-state index in [1.54, 1.807) is 6.08 Å². The molecular weight excluding hydrogens is 148 g/mol. The summed E-state index contributed by atoms with van der Waals surface area (Å²) in [7, 11) is 0. The van der Waals surface area contributed by atoms with Crippen LogP contribution in [0.25, 0.3) is 0 Å². The first-order valence-electron chi connectivity index (χ1n) is 4.14. The fraction of sp³-hybridized carbons (Fsp3) is 0.273. The van der Waals surface area contributed by atoms with Crippen LogP contribution in [0.15, 0.2) is 43.0 Å². The fourth-order valence-corrected chi connectivity index (χ4v) is 1.14. The quantitative estimate of drug-likeness (QED) is 0.671. The Bertz CT molecular complexity index is 228. The molecule has 0 aliphatic rings. The van der Waals surface area contributed by atoms with E-state index >= 15 is 0 Å². The van der Waals surface area contributed by atoms with E-state index in [1.807, 2.05) is 18.2 Å². The molecule has 0 fully saturated rings. The van der Waals surface area contributed by atoms with Crippen molar-refractivity contribution in [2.45, 2.75) is 6.42 Å². The van der Waals surface area contributed by atoms with Gasteiger partial charge < -0.3 is 5.11 Å². The van der Waals surface area contributed by atoms with E-state index < -0.39 is 0 Å². The molecule has 0 amide bonds. The molecule has 0 aliphatic heterocycles. The summed E-state index contributed by atoms with van der Waals surface area (Å²) in [6.45, 7) is 3.85. The second kappa shape index (κ2) is 4.73. The highest BCUT2D eigenvalue weighted by Crippen LogP contribution is 2.08. The first-order valence-corrected chi connectivity index (χ1v) is 4.14. The first-order chi connectivity index (χ1) is 5.86. The maximum absolute atomic E-state index is 8.92. The Morgan fingerprint density at radius 1 is 1.33 bits per heavy atom. The Morgan fingerprint density at radius 2 is 2.00 bits per heavy atom. The lowest BCUT2D eigenvalue weighted by Gasteiger charge is -2.07. The summed E-state index contributed by atoms with van der Waals surface area (Å²) in [5, 5.41) is 8.92. The van der Waals surface area contributed by atoms with E-state index in [2.05, 4.69) is 18.7 Å². The maximum atomic E-state index is 8.92. The molecule has 1 nitrogen and oxygen atoms in total. The largest absolute Gasteiger partial charge is 0.396 e. The average Bonchev–Trinajstić information content (AvgIpc) is 2.16. The van der Waals surface area contributed by atoms with Crippen molar-refractivity contribution >= 4 is 0 Å². The second-order valence-electron chi connectivity index (χ2n) is 2.87. The molecule has 0 radical (unpaired) electrons. The van der Waals surface area contributed by atoms with Gasteiger partial charge in [0.2, 0.25) is 0 Å². The minimum absolute atomic E-state index is 0.179. The van der Waals surface area contributed by atoms with E-state index in [0.717, 1.165) is 6.42 Å². The Balaban J connectivity index is 2.56. The molecule has 12 heavy (non-hydrogen) atoms. The Kier molecular flexibility index (Phi) is 3.55. The Labute approximate surface area is 73.4 Å². The standard InChI is InChI=1S/C11H14O/c1-2-10(9-12)8-11-6-4-3-5-7-11/h2-7,10,12H,1,8-9H2/t10-/m1/s1. The van der Waals surface area contributed by atoms with E-state index in [-0.39, 0.29) is 12.5 Å². The lowest BCUT2D eigenvalue weighted by Crippen LogP contribution is -2.05. The summed E-state index contributed by atoms with van der Waals surface area (Å²) < 4.78 is 0. The van der Waals surface area contributed by atoms with Crippen LogP contribution in [0.1, 0.15) is 5.56 Å². The van der Waals surface area contributed by atoms with Crippen LogP contribution in [0, 0.1) is 5.92 Å². The number of hydrogen-bond donors (Lipinski definition) is 1. The molecule has 1 rings (SSSR count). The van der Waals surface area contributed by atoms with Gasteiger partial charge in [0, 0.05) is 12.5 Å². The van der Waals surface area contributed by atoms with Crippen molar-refractivity contribution in [3.8, 4) is 0 Å². The molecule has 64 valence electrons. The van der Waals surface area contributed by atoms with Gasteiger partial charge in [0.1, 0.15) is 0 Å². The predicted molar refractivity (Wildman–Crippen MR) is 50.9 cm³/mol. The highest BCUT2D eigenvalue weighted by molar-refractivity contribution is 5.16. The van der Waals surface area contributed by atoms with E-state index in [9.17, 15) is 0 Å². The monoisotopic (exact) mass is 162 g/mol. The van der Waals surface area contributed by atoms with Crippen molar-refractivity contribution in [1.29, 1.82) is 0 Å². The lowest BCUT2D eigenvalue weighted by molar-refractivity contribution is 0.252. The normalized spacial score (nSPS) is 12.4. The summed E-state index contributed by atoms with van der Waals surface area (Å²) in [5.41, 5.74) is 1.25. The third kappa shape index (κ3) is 2.51. The van der Waals surface area contributed by atoms with Crippen LogP contribution < -0.4 is 0 Å². The number of hydrogen-bond acceptors (Lipinski definition) is 1. The summed E-state index contributed by atoms with van der Waals surface area (Å²) in [4.78, 5) is 0. The summed E-state index contributed by atoms with van der Waals surface area (Å²) in [6.07, 6.45) is 2.67. The molecule has 1 atom stereocenters. The van der Waals surface area contributed by atoms with Gasteiger partial charge in [0.05, 0.1) is 0 Å². The molecule has 0 saturated carbocycles. The van der Waals surface area contributed by atoms with Gasteiger partial charge in [-0.2, -0.15) is 0 Å². The zero-order valence-electron chi connectivity index (χ0n) is 7.11. The topological polar surface area (TPSA) is 20.2 Å². The molecule has 0 saturated heterocycles. The molecule has 0 spiro atoms. The highest BCUT2D eigenvalue weighted by Gasteiger charge is 2.02. The van der Waals surface area contributed by atoms with Gasteiger partial charge in [-0.05, 0) is 12.0 Å². The summed E-state index contributed by atoms with van der Waals surface area (Å²) in [5.74, 6) is 0.187. The van der Waals surface area contributed by atoms with Gasteiger partial charge in [-0.15, -0.1) is 6.58 Å². The van der Waals surface area contributed by atoms with Gasteiger partial charge >= 0.3 is 0 Å². The Hall–Kier alpha value is -1.08. The molecule has 1 heteroatoms. The third-order valence-corrected chi connectivity index (χ3v) is 1.91. The molecule has 0 heterocycles. The molecule has 0 aromatic heterocycles. The highest BCUT2D eigenvalue weighted by atomic mass is 16.3. The van der Waals surface area contributed by atoms with Gasteiger partial charge in [-0.3, -0.25) is 0 Å². The second-order valence-corrected chi connectivity index (χ2v) is 2.87. The van der Waals surface area contributed by atoms with Crippen LogP contribution in [0.4, 0.5) is 0 Å². The zero-order chi connectivity index (χ0) is 8.81. The van der Waals surface area contributed by atoms with Gasteiger partial charge in [0.25, 0.3) is 0 Å². The van der Waals surface area contributed by atoms with Crippen molar-refractivity contribution in [1.82, 2.24) is 0 Å². The van der Waals surface area contributed by atoms with Crippen molar-refractivity contribution in [3.63, 3.8) is 0 Å². The van der Waals surface area contributed by atoms with Crippen LogP contribution in [0.2, 0.25) is 0 Å². The van der Waals surface area contributed by atoms with E-state index in [0.29, 0.717) is 0 Å². The zero-order valence-corrected chi connectivity index (χ0v) is 7.11. The minimum Gasteiger partial charge on any atom is -0.396 e. The Morgan fingerprint density at radius 3 is 2.50 bits per heavy atom. The van der Waals surface area contributed by atoms with Crippen molar-refractivity contribution in [2.24, 2.45) is 5.92 Å². The molecule has 0 bridgehead atoms. The molecular formula is C11H14O. The van der Waals surface area contributed by atoms with E-state index in [4.69, 9.17) is 5.11 Å². The van der Waals surface area contributed by atoms with Crippen LogP contribution in [0.3, 0.4) is 0 Å². The number of rotatable bonds is 4. The van der Waals surface area contributed by atoms with Crippen molar-refractivity contribution in [3.05, 3.63) is 48.6 Å².